The van der Waals surface area contributed by atoms with E-state index in [2.05, 4.69) is 169 Å². The second kappa shape index (κ2) is 11.2. The maximum absolute atomic E-state index is 6.43. The maximum atomic E-state index is 6.43. The number of nitrogens with zero attached hydrogens (tertiary/aromatic N) is 2. The molecule has 0 aliphatic carbocycles. The third kappa shape index (κ3) is 4.68. The first kappa shape index (κ1) is 27.8. The van der Waals surface area contributed by atoms with Crippen molar-refractivity contribution in [2.75, 3.05) is 4.90 Å². The number of hydrogen-bond donors (Lipinski definition) is 0. The summed E-state index contributed by atoms with van der Waals surface area (Å²) >= 11 is 1.81. The summed E-state index contributed by atoms with van der Waals surface area (Å²) in [5, 5.41) is 7.07. The predicted octanol–water partition coefficient (Wildman–Crippen LogP) is 13.3. The van der Waals surface area contributed by atoms with Crippen LogP contribution in [0.15, 0.2) is 174 Å². The van der Waals surface area contributed by atoms with Gasteiger partial charge in [-0.3, -0.25) is 0 Å². The number of aromatic nitrogens is 1. The Morgan fingerprint density at radius 3 is 2.10 bits per heavy atom. The van der Waals surface area contributed by atoms with Crippen molar-refractivity contribution in [1.82, 2.24) is 4.98 Å². The lowest BCUT2D eigenvalue weighted by molar-refractivity contribution is 0.621. The number of fused-ring (bicyclic) bond motifs is 7. The molecule has 0 saturated carbocycles. The first-order valence-corrected chi connectivity index (χ1v) is 17.3. The molecule has 0 unspecified atom stereocenters. The fourth-order valence-corrected chi connectivity index (χ4v) is 8.29. The minimum absolute atomic E-state index is 0.649. The van der Waals surface area contributed by atoms with Gasteiger partial charge in [0.25, 0.3) is 0 Å². The Morgan fingerprint density at radius 2 is 1.18 bits per heavy atom. The number of anilines is 3. The molecule has 3 nitrogen and oxygen atoms in total. The number of thiophene rings is 1. The van der Waals surface area contributed by atoms with Crippen LogP contribution in [0.3, 0.4) is 0 Å². The SMILES string of the molecule is c1ccc(-c2cccc(N(c3ccc4ccccc4c3)c3ccc4c(c3)sc3cccc(-c5nc6c(ccc7ccccc76)o5)c34)c2)cc1. The smallest absolute Gasteiger partial charge is 0.228 e. The third-order valence-electron chi connectivity index (χ3n) is 9.46. The van der Waals surface area contributed by atoms with E-state index in [1.165, 1.54) is 42.1 Å². The molecule has 2 heterocycles. The lowest BCUT2D eigenvalue weighted by Crippen LogP contribution is -2.10. The standard InChI is InChI=1S/C45H28N2OS/c1-2-10-29(11-3-1)33-15-8-16-34(26-33)47(35-22-20-30-12-4-5-14-32(30)27-35)36-23-24-38-42(28-36)49-41-19-9-18-39(43(38)41)45-46-44-37-17-7-6-13-31(37)21-25-40(44)48-45/h1-28H. The molecule has 230 valence electrons. The van der Waals surface area contributed by atoms with Gasteiger partial charge in [-0.25, -0.2) is 4.98 Å². The highest BCUT2D eigenvalue weighted by Crippen LogP contribution is 2.45. The predicted molar refractivity (Wildman–Crippen MR) is 207 cm³/mol. The molecule has 0 atom stereocenters. The fourth-order valence-electron chi connectivity index (χ4n) is 7.13. The molecule has 10 rings (SSSR count). The van der Waals surface area contributed by atoms with Crippen LogP contribution in [-0.4, -0.2) is 4.98 Å². The second-order valence-electron chi connectivity index (χ2n) is 12.4. The van der Waals surface area contributed by atoms with Gasteiger partial charge >= 0.3 is 0 Å². The van der Waals surface area contributed by atoms with Gasteiger partial charge in [-0.1, -0.05) is 115 Å². The summed E-state index contributed by atoms with van der Waals surface area (Å²) in [6.07, 6.45) is 0. The first-order chi connectivity index (χ1) is 24.3. The summed E-state index contributed by atoms with van der Waals surface area (Å²) in [5.74, 6) is 0.649. The molecule has 0 amide bonds. The highest BCUT2D eigenvalue weighted by Gasteiger charge is 2.19. The molecule has 10 aromatic rings. The number of hydrogen-bond acceptors (Lipinski definition) is 4. The normalized spacial score (nSPS) is 11.7. The largest absolute Gasteiger partial charge is 0.436 e. The van der Waals surface area contributed by atoms with E-state index in [4.69, 9.17) is 9.40 Å². The number of benzene rings is 8. The van der Waals surface area contributed by atoms with Gasteiger partial charge in [0.05, 0.1) is 0 Å². The van der Waals surface area contributed by atoms with Crippen molar-refractivity contribution in [3.63, 3.8) is 0 Å². The van der Waals surface area contributed by atoms with Crippen molar-refractivity contribution in [3.8, 4) is 22.6 Å². The Hall–Kier alpha value is -6.23. The topological polar surface area (TPSA) is 29.3 Å². The molecule has 2 aromatic heterocycles. The zero-order valence-electron chi connectivity index (χ0n) is 26.4. The van der Waals surface area contributed by atoms with Gasteiger partial charge in [0.15, 0.2) is 5.58 Å². The minimum Gasteiger partial charge on any atom is -0.436 e. The summed E-state index contributed by atoms with van der Waals surface area (Å²) in [6, 6.07) is 60.4. The fraction of sp³-hybridized carbons (Fsp3) is 0. The second-order valence-corrected chi connectivity index (χ2v) is 13.5. The average Bonchev–Trinajstić information content (AvgIpc) is 3.77. The van der Waals surface area contributed by atoms with Crippen LogP contribution < -0.4 is 4.90 Å². The Bertz CT molecular complexity index is 2850. The van der Waals surface area contributed by atoms with Crippen molar-refractivity contribution in [2.45, 2.75) is 0 Å². The van der Waals surface area contributed by atoms with Crippen LogP contribution in [0.4, 0.5) is 17.1 Å². The summed E-state index contributed by atoms with van der Waals surface area (Å²) < 4.78 is 8.86. The molecule has 0 bridgehead atoms. The van der Waals surface area contributed by atoms with Crippen LogP contribution >= 0.6 is 11.3 Å². The highest BCUT2D eigenvalue weighted by atomic mass is 32.1. The van der Waals surface area contributed by atoms with Crippen molar-refractivity contribution >= 4 is 81.2 Å². The summed E-state index contributed by atoms with van der Waals surface area (Å²) in [6.45, 7) is 0. The van der Waals surface area contributed by atoms with Gasteiger partial charge in [-0.05, 0) is 81.9 Å². The van der Waals surface area contributed by atoms with Crippen molar-refractivity contribution in [3.05, 3.63) is 170 Å². The summed E-state index contributed by atoms with van der Waals surface area (Å²) in [4.78, 5) is 7.43. The molecule has 49 heavy (non-hydrogen) atoms. The number of oxazole rings is 1. The van der Waals surface area contributed by atoms with Crippen LogP contribution in [-0.2, 0) is 0 Å². The van der Waals surface area contributed by atoms with E-state index in [9.17, 15) is 0 Å². The zero-order valence-corrected chi connectivity index (χ0v) is 27.2. The van der Waals surface area contributed by atoms with Crippen molar-refractivity contribution in [2.24, 2.45) is 0 Å². The molecule has 4 heteroatoms. The Labute approximate surface area is 286 Å². The van der Waals surface area contributed by atoms with Crippen LogP contribution in [0.1, 0.15) is 0 Å². The van der Waals surface area contributed by atoms with Crippen LogP contribution in [0.5, 0.6) is 0 Å². The van der Waals surface area contributed by atoms with Crippen molar-refractivity contribution in [1.29, 1.82) is 0 Å². The van der Waals surface area contributed by atoms with Crippen LogP contribution in [0.2, 0.25) is 0 Å². The maximum Gasteiger partial charge on any atom is 0.228 e. The average molecular weight is 645 g/mol. The molecular weight excluding hydrogens is 617 g/mol. The Morgan fingerprint density at radius 1 is 0.469 bits per heavy atom. The first-order valence-electron chi connectivity index (χ1n) is 16.5. The summed E-state index contributed by atoms with van der Waals surface area (Å²) in [5.41, 5.74) is 8.42. The van der Waals surface area contributed by atoms with Gasteiger partial charge in [-0.15, -0.1) is 11.3 Å². The van der Waals surface area contributed by atoms with E-state index in [0.29, 0.717) is 5.89 Å². The van der Waals surface area contributed by atoms with E-state index in [0.717, 1.165) is 44.5 Å². The van der Waals surface area contributed by atoms with Gasteiger partial charge in [0.2, 0.25) is 5.89 Å². The van der Waals surface area contributed by atoms with E-state index in [1.807, 2.05) is 17.4 Å². The van der Waals surface area contributed by atoms with E-state index in [-0.39, 0.29) is 0 Å². The van der Waals surface area contributed by atoms with Gasteiger partial charge < -0.3 is 9.32 Å². The lowest BCUT2D eigenvalue weighted by atomic mass is 10.0. The molecular formula is C45H28N2OS. The molecule has 0 aliphatic rings. The lowest BCUT2D eigenvalue weighted by Gasteiger charge is -2.26. The minimum atomic E-state index is 0.649. The Balaban J connectivity index is 1.15. The summed E-state index contributed by atoms with van der Waals surface area (Å²) in [7, 11) is 0. The van der Waals surface area contributed by atoms with E-state index < -0.39 is 0 Å². The molecule has 0 aliphatic heterocycles. The third-order valence-corrected chi connectivity index (χ3v) is 10.6. The number of rotatable bonds is 5. The van der Waals surface area contributed by atoms with Gasteiger partial charge in [0.1, 0.15) is 5.52 Å². The van der Waals surface area contributed by atoms with E-state index >= 15 is 0 Å². The van der Waals surface area contributed by atoms with Crippen LogP contribution in [0, 0.1) is 0 Å². The quantitative estimate of drug-likeness (QED) is 0.187. The van der Waals surface area contributed by atoms with Gasteiger partial charge in [0, 0.05) is 48.2 Å². The van der Waals surface area contributed by atoms with Crippen molar-refractivity contribution < 1.29 is 4.42 Å². The van der Waals surface area contributed by atoms with E-state index in [1.54, 1.807) is 0 Å². The molecule has 0 radical (unpaired) electrons. The Kier molecular flexibility index (Phi) is 6.36. The molecule has 0 N–H and O–H groups in total. The highest BCUT2D eigenvalue weighted by molar-refractivity contribution is 7.26. The van der Waals surface area contributed by atoms with Crippen LogP contribution in [0.25, 0.3) is 75.4 Å². The monoisotopic (exact) mass is 644 g/mol. The molecule has 0 fully saturated rings. The zero-order chi connectivity index (χ0) is 32.3. The molecule has 8 aromatic carbocycles. The molecule has 0 saturated heterocycles. The van der Waals surface area contributed by atoms with Gasteiger partial charge in [-0.2, -0.15) is 0 Å². The molecule has 0 spiro atoms.